The van der Waals surface area contributed by atoms with Crippen LogP contribution in [0.2, 0.25) is 0 Å². The van der Waals surface area contributed by atoms with Crippen molar-refractivity contribution >= 4 is 0 Å². The van der Waals surface area contributed by atoms with Gasteiger partial charge in [-0.15, -0.1) is 0 Å². The molecule has 0 saturated heterocycles. The van der Waals surface area contributed by atoms with Crippen molar-refractivity contribution in [1.82, 2.24) is 0 Å². The number of aryl methyl sites for hydroxylation is 2. The number of rotatable bonds is 3. The molecule has 70 valence electrons. The smallest absolute Gasteiger partial charge is 0.119 e. The van der Waals surface area contributed by atoms with Gasteiger partial charge in [-0.2, -0.15) is 0 Å². The van der Waals surface area contributed by atoms with Gasteiger partial charge in [0.2, 0.25) is 0 Å². The van der Waals surface area contributed by atoms with Gasteiger partial charge >= 0.3 is 0 Å². The minimum absolute atomic E-state index is 0.834. The maximum Gasteiger partial charge on any atom is 0.119 e. The number of hydrogen-bond acceptors (Lipinski definition) is 1. The second-order valence-corrected chi connectivity index (χ2v) is 4.08. The Bertz CT molecular complexity index is 280. The summed E-state index contributed by atoms with van der Waals surface area (Å²) in [6.07, 6.45) is 2.70. The maximum atomic E-state index is 5.69. The van der Waals surface area contributed by atoms with E-state index >= 15 is 0 Å². The molecular formula is C12H16O. The molecular weight excluding hydrogens is 160 g/mol. The molecule has 1 saturated carbocycles. The van der Waals surface area contributed by atoms with Crippen molar-refractivity contribution in [2.75, 3.05) is 6.61 Å². The minimum Gasteiger partial charge on any atom is -0.493 e. The van der Waals surface area contributed by atoms with Crippen LogP contribution in [0, 0.1) is 19.8 Å². The Morgan fingerprint density at radius 1 is 1.15 bits per heavy atom. The van der Waals surface area contributed by atoms with Crippen LogP contribution in [0.3, 0.4) is 0 Å². The van der Waals surface area contributed by atoms with Gasteiger partial charge < -0.3 is 4.74 Å². The van der Waals surface area contributed by atoms with Gasteiger partial charge in [-0.1, -0.05) is 6.07 Å². The van der Waals surface area contributed by atoms with Crippen LogP contribution in [0.4, 0.5) is 0 Å². The maximum absolute atomic E-state index is 5.69. The molecule has 0 aliphatic heterocycles. The lowest BCUT2D eigenvalue weighted by atomic mass is 10.1. The van der Waals surface area contributed by atoms with Crippen molar-refractivity contribution in [2.45, 2.75) is 26.7 Å². The van der Waals surface area contributed by atoms with E-state index in [0.717, 1.165) is 18.3 Å². The minimum atomic E-state index is 0.834. The van der Waals surface area contributed by atoms with Crippen LogP contribution in [-0.4, -0.2) is 6.61 Å². The normalized spacial score (nSPS) is 15.8. The molecule has 1 aromatic carbocycles. The molecule has 0 heterocycles. The van der Waals surface area contributed by atoms with E-state index in [4.69, 9.17) is 4.74 Å². The van der Waals surface area contributed by atoms with E-state index < -0.39 is 0 Å². The van der Waals surface area contributed by atoms with E-state index in [-0.39, 0.29) is 0 Å². The fraction of sp³-hybridized carbons (Fsp3) is 0.500. The number of hydrogen-bond donors (Lipinski definition) is 0. The van der Waals surface area contributed by atoms with Crippen LogP contribution in [-0.2, 0) is 0 Å². The second-order valence-electron chi connectivity index (χ2n) is 4.08. The zero-order valence-electron chi connectivity index (χ0n) is 8.34. The Labute approximate surface area is 79.7 Å². The molecule has 0 N–H and O–H groups in total. The standard InChI is InChI=1S/C12H16O/c1-9-5-10(2)7-12(6-9)13-8-11-3-4-11/h5-7,11H,3-4,8H2,1-2H3. The molecule has 0 atom stereocenters. The monoisotopic (exact) mass is 176 g/mol. The Hall–Kier alpha value is -0.980. The molecule has 1 aliphatic carbocycles. The summed E-state index contributed by atoms with van der Waals surface area (Å²) in [6, 6.07) is 6.38. The summed E-state index contributed by atoms with van der Waals surface area (Å²) < 4.78 is 5.69. The van der Waals surface area contributed by atoms with E-state index in [1.54, 1.807) is 0 Å². The van der Waals surface area contributed by atoms with Crippen LogP contribution in [0.25, 0.3) is 0 Å². The van der Waals surface area contributed by atoms with Crippen molar-refractivity contribution in [1.29, 1.82) is 0 Å². The highest BCUT2D eigenvalue weighted by molar-refractivity contribution is 5.32. The fourth-order valence-corrected chi connectivity index (χ4v) is 1.51. The molecule has 0 aromatic heterocycles. The summed E-state index contributed by atoms with van der Waals surface area (Å²) in [5.74, 6) is 1.87. The Balaban J connectivity index is 2.01. The van der Waals surface area contributed by atoms with Gasteiger partial charge in [0.05, 0.1) is 6.61 Å². The predicted molar refractivity (Wildman–Crippen MR) is 54.1 cm³/mol. The molecule has 0 radical (unpaired) electrons. The third-order valence-electron chi connectivity index (χ3n) is 2.38. The molecule has 13 heavy (non-hydrogen) atoms. The summed E-state index contributed by atoms with van der Waals surface area (Å²) >= 11 is 0. The van der Waals surface area contributed by atoms with Crippen LogP contribution < -0.4 is 4.74 Å². The van der Waals surface area contributed by atoms with Crippen molar-refractivity contribution in [2.24, 2.45) is 5.92 Å². The summed E-state index contributed by atoms with van der Waals surface area (Å²) in [6.45, 7) is 5.12. The molecule has 1 nitrogen and oxygen atoms in total. The first-order valence-corrected chi connectivity index (χ1v) is 4.95. The van der Waals surface area contributed by atoms with Crippen molar-refractivity contribution in [3.8, 4) is 5.75 Å². The van der Waals surface area contributed by atoms with Crippen LogP contribution in [0.1, 0.15) is 24.0 Å². The average Bonchev–Trinajstić information content (AvgIpc) is 2.81. The van der Waals surface area contributed by atoms with Gasteiger partial charge in [0.15, 0.2) is 0 Å². The molecule has 0 unspecified atom stereocenters. The highest BCUT2D eigenvalue weighted by atomic mass is 16.5. The number of ether oxygens (including phenoxy) is 1. The summed E-state index contributed by atoms with van der Waals surface area (Å²) in [5, 5.41) is 0. The van der Waals surface area contributed by atoms with Crippen LogP contribution >= 0.6 is 0 Å². The highest BCUT2D eigenvalue weighted by Crippen LogP contribution is 2.29. The molecule has 1 heteroatoms. The first kappa shape index (κ1) is 8.61. The Kier molecular flexibility index (Phi) is 2.26. The topological polar surface area (TPSA) is 9.23 Å². The Morgan fingerprint density at radius 2 is 1.77 bits per heavy atom. The lowest BCUT2D eigenvalue weighted by Crippen LogP contribution is -1.99. The molecule has 1 aromatic rings. The second kappa shape index (κ2) is 3.41. The molecule has 1 aliphatic rings. The zero-order chi connectivity index (χ0) is 9.26. The summed E-state index contributed by atoms with van der Waals surface area (Å²) in [4.78, 5) is 0. The van der Waals surface area contributed by atoms with Crippen molar-refractivity contribution in [3.63, 3.8) is 0 Å². The molecule has 0 spiro atoms. The summed E-state index contributed by atoms with van der Waals surface area (Å²) in [5.41, 5.74) is 2.57. The van der Waals surface area contributed by atoms with Gasteiger partial charge in [-0.05, 0) is 55.9 Å². The third-order valence-corrected chi connectivity index (χ3v) is 2.38. The lowest BCUT2D eigenvalue weighted by Gasteiger charge is -2.06. The summed E-state index contributed by atoms with van der Waals surface area (Å²) in [7, 11) is 0. The average molecular weight is 176 g/mol. The van der Waals surface area contributed by atoms with Gasteiger partial charge in [0, 0.05) is 0 Å². The molecule has 2 rings (SSSR count). The largest absolute Gasteiger partial charge is 0.493 e. The zero-order valence-corrected chi connectivity index (χ0v) is 8.34. The first-order chi connectivity index (χ1) is 6.24. The lowest BCUT2D eigenvalue weighted by molar-refractivity contribution is 0.299. The first-order valence-electron chi connectivity index (χ1n) is 4.95. The SMILES string of the molecule is Cc1cc(C)cc(OCC2CC2)c1. The van der Waals surface area contributed by atoms with Gasteiger partial charge in [0.25, 0.3) is 0 Å². The van der Waals surface area contributed by atoms with Gasteiger partial charge in [-0.3, -0.25) is 0 Å². The van der Waals surface area contributed by atoms with E-state index in [2.05, 4.69) is 32.0 Å². The van der Waals surface area contributed by atoms with Gasteiger partial charge in [0.1, 0.15) is 5.75 Å². The number of benzene rings is 1. The van der Waals surface area contributed by atoms with E-state index in [9.17, 15) is 0 Å². The third kappa shape index (κ3) is 2.48. The van der Waals surface area contributed by atoms with Gasteiger partial charge in [-0.25, -0.2) is 0 Å². The van der Waals surface area contributed by atoms with E-state index in [1.165, 1.54) is 24.0 Å². The molecule has 1 fully saturated rings. The molecule has 0 bridgehead atoms. The van der Waals surface area contributed by atoms with E-state index in [0.29, 0.717) is 0 Å². The van der Waals surface area contributed by atoms with Crippen molar-refractivity contribution in [3.05, 3.63) is 29.3 Å². The molecule has 0 amide bonds. The predicted octanol–water partition coefficient (Wildman–Crippen LogP) is 3.09. The van der Waals surface area contributed by atoms with Crippen LogP contribution in [0.15, 0.2) is 18.2 Å². The quantitative estimate of drug-likeness (QED) is 0.687. The fourth-order valence-electron chi connectivity index (χ4n) is 1.51. The highest BCUT2D eigenvalue weighted by Gasteiger charge is 2.21. The van der Waals surface area contributed by atoms with E-state index in [1.807, 2.05) is 0 Å². The Morgan fingerprint density at radius 3 is 2.31 bits per heavy atom. The van der Waals surface area contributed by atoms with Crippen molar-refractivity contribution < 1.29 is 4.74 Å². The van der Waals surface area contributed by atoms with Crippen LogP contribution in [0.5, 0.6) is 5.75 Å².